The fourth-order valence-electron chi connectivity index (χ4n) is 2.82. The minimum atomic E-state index is -3.66. The second-order valence-electron chi connectivity index (χ2n) is 6.49. The molecule has 1 aliphatic heterocycles. The van der Waals surface area contributed by atoms with Gasteiger partial charge in [-0.15, -0.1) is 0 Å². The van der Waals surface area contributed by atoms with Crippen molar-refractivity contribution in [1.82, 2.24) is 4.72 Å². The molecule has 0 unspecified atom stereocenters. The summed E-state index contributed by atoms with van der Waals surface area (Å²) >= 11 is 0. The Morgan fingerprint density at radius 1 is 1.22 bits per heavy atom. The molecule has 1 fully saturated rings. The largest absolute Gasteiger partial charge is 0.506 e. The number of carbonyl (C=O) groups excluding carboxylic acids is 1. The van der Waals surface area contributed by atoms with E-state index >= 15 is 0 Å². The Labute approximate surface area is 158 Å². The van der Waals surface area contributed by atoms with Gasteiger partial charge in [0.25, 0.3) is 5.91 Å². The summed E-state index contributed by atoms with van der Waals surface area (Å²) in [6.45, 7) is 2.72. The lowest BCUT2D eigenvalue weighted by Gasteiger charge is -2.12. The Morgan fingerprint density at radius 2 is 1.96 bits per heavy atom. The minimum absolute atomic E-state index is 0.0270. The van der Waals surface area contributed by atoms with Crippen molar-refractivity contribution >= 4 is 21.6 Å². The molecule has 2 aromatic carbocycles. The van der Waals surface area contributed by atoms with E-state index in [4.69, 9.17) is 4.74 Å². The molecule has 2 aromatic rings. The normalized spacial score (nSPS) is 17.0. The third kappa shape index (κ3) is 4.85. The van der Waals surface area contributed by atoms with Crippen LogP contribution in [0.1, 0.15) is 28.8 Å². The number of nitrogens with one attached hydrogen (secondary N) is 2. The number of rotatable bonds is 6. The fourth-order valence-corrected chi connectivity index (χ4v) is 3.88. The number of amides is 1. The minimum Gasteiger partial charge on any atom is -0.506 e. The van der Waals surface area contributed by atoms with Gasteiger partial charge in [0.2, 0.25) is 10.0 Å². The van der Waals surface area contributed by atoms with E-state index in [1.165, 1.54) is 24.3 Å². The van der Waals surface area contributed by atoms with E-state index in [9.17, 15) is 18.3 Å². The Hall–Kier alpha value is -2.42. The quantitative estimate of drug-likeness (QED) is 0.657. The molecule has 8 heteroatoms. The molecule has 0 bridgehead atoms. The van der Waals surface area contributed by atoms with Crippen LogP contribution in [-0.4, -0.2) is 38.7 Å². The summed E-state index contributed by atoms with van der Waals surface area (Å²) in [5.41, 5.74) is 1.45. The molecule has 1 atom stereocenters. The van der Waals surface area contributed by atoms with Gasteiger partial charge in [0.15, 0.2) is 0 Å². The maximum Gasteiger partial charge on any atom is 0.255 e. The molecular formula is C19H22N2O5S. The van der Waals surface area contributed by atoms with Crippen LogP contribution in [0.4, 0.5) is 5.69 Å². The molecule has 0 spiro atoms. The number of aryl methyl sites for hydroxylation is 1. The van der Waals surface area contributed by atoms with Gasteiger partial charge in [0.05, 0.1) is 16.7 Å². The highest BCUT2D eigenvalue weighted by molar-refractivity contribution is 7.89. The van der Waals surface area contributed by atoms with E-state index in [0.29, 0.717) is 12.3 Å². The maximum atomic E-state index is 12.3. The van der Waals surface area contributed by atoms with Gasteiger partial charge in [0.1, 0.15) is 5.75 Å². The SMILES string of the molecule is Cc1ccc(NC(=O)c2ccc(S(=O)(=O)NC[C@@H]3CCCO3)cc2)c(O)c1. The van der Waals surface area contributed by atoms with E-state index in [-0.39, 0.29) is 28.9 Å². The van der Waals surface area contributed by atoms with Crippen LogP contribution in [0.25, 0.3) is 0 Å². The molecule has 1 heterocycles. The van der Waals surface area contributed by atoms with Crippen LogP contribution in [-0.2, 0) is 14.8 Å². The fraction of sp³-hybridized carbons (Fsp3) is 0.316. The monoisotopic (exact) mass is 390 g/mol. The molecule has 0 radical (unpaired) electrons. The van der Waals surface area contributed by atoms with Crippen molar-refractivity contribution in [3.8, 4) is 5.75 Å². The van der Waals surface area contributed by atoms with Crippen LogP contribution >= 0.6 is 0 Å². The zero-order valence-electron chi connectivity index (χ0n) is 14.9. The Morgan fingerprint density at radius 3 is 2.59 bits per heavy atom. The van der Waals surface area contributed by atoms with Gasteiger partial charge in [-0.25, -0.2) is 13.1 Å². The van der Waals surface area contributed by atoms with Gasteiger partial charge in [-0.2, -0.15) is 0 Å². The van der Waals surface area contributed by atoms with E-state index < -0.39 is 15.9 Å². The molecule has 1 saturated heterocycles. The van der Waals surface area contributed by atoms with Crippen molar-refractivity contribution in [1.29, 1.82) is 0 Å². The molecule has 0 aliphatic carbocycles. The molecule has 1 aliphatic rings. The number of aromatic hydroxyl groups is 1. The number of phenolic OH excluding ortho intramolecular Hbond substituents is 1. The third-order valence-electron chi connectivity index (χ3n) is 4.35. The smallest absolute Gasteiger partial charge is 0.255 e. The van der Waals surface area contributed by atoms with E-state index in [1.54, 1.807) is 18.2 Å². The zero-order chi connectivity index (χ0) is 19.4. The summed E-state index contributed by atoms with van der Waals surface area (Å²) in [4.78, 5) is 12.4. The second-order valence-corrected chi connectivity index (χ2v) is 8.25. The highest BCUT2D eigenvalue weighted by Crippen LogP contribution is 2.24. The number of hydrogen-bond donors (Lipinski definition) is 3. The van der Waals surface area contributed by atoms with Crippen LogP contribution in [0.3, 0.4) is 0 Å². The van der Waals surface area contributed by atoms with Crippen molar-refractivity contribution in [3.63, 3.8) is 0 Å². The Kier molecular flexibility index (Phi) is 5.79. The van der Waals surface area contributed by atoms with E-state index in [1.807, 2.05) is 6.92 Å². The molecular weight excluding hydrogens is 368 g/mol. The van der Waals surface area contributed by atoms with Gasteiger partial charge in [-0.05, 0) is 61.7 Å². The molecule has 27 heavy (non-hydrogen) atoms. The molecule has 0 aromatic heterocycles. The molecule has 144 valence electrons. The average molecular weight is 390 g/mol. The summed E-state index contributed by atoms with van der Waals surface area (Å²) in [6.07, 6.45) is 1.69. The first-order valence-corrected chi connectivity index (χ1v) is 10.2. The first-order valence-electron chi connectivity index (χ1n) is 8.67. The van der Waals surface area contributed by atoms with Crippen LogP contribution in [0.2, 0.25) is 0 Å². The summed E-state index contributed by atoms with van der Waals surface area (Å²) < 4.78 is 32.6. The summed E-state index contributed by atoms with van der Waals surface area (Å²) in [7, 11) is -3.66. The van der Waals surface area contributed by atoms with Crippen LogP contribution in [0, 0.1) is 6.92 Å². The van der Waals surface area contributed by atoms with Crippen LogP contribution in [0.15, 0.2) is 47.4 Å². The first-order chi connectivity index (χ1) is 12.8. The number of ether oxygens (including phenoxy) is 1. The first kappa shape index (κ1) is 19.3. The van der Waals surface area contributed by atoms with Crippen LogP contribution in [0.5, 0.6) is 5.75 Å². The van der Waals surface area contributed by atoms with Gasteiger partial charge in [0, 0.05) is 18.7 Å². The lowest BCUT2D eigenvalue weighted by atomic mass is 10.2. The average Bonchev–Trinajstić information content (AvgIpc) is 3.16. The topological polar surface area (TPSA) is 105 Å². The molecule has 1 amide bonds. The Balaban J connectivity index is 1.65. The number of sulfonamides is 1. The van der Waals surface area contributed by atoms with Crippen molar-refractivity contribution in [2.45, 2.75) is 30.8 Å². The number of carbonyl (C=O) groups is 1. The van der Waals surface area contributed by atoms with E-state index in [0.717, 1.165) is 18.4 Å². The second kappa shape index (κ2) is 8.08. The zero-order valence-corrected chi connectivity index (χ0v) is 15.8. The van der Waals surface area contributed by atoms with Gasteiger partial charge >= 0.3 is 0 Å². The summed E-state index contributed by atoms with van der Waals surface area (Å²) in [6, 6.07) is 10.5. The standard InChI is InChI=1S/C19H22N2O5S/c1-13-4-9-17(18(22)11-13)21-19(23)14-5-7-16(8-6-14)27(24,25)20-12-15-3-2-10-26-15/h4-9,11,15,20,22H,2-3,10,12H2,1H3,(H,21,23)/t15-/m0/s1. The highest BCUT2D eigenvalue weighted by Gasteiger charge is 2.20. The number of hydrogen-bond acceptors (Lipinski definition) is 5. The predicted octanol–water partition coefficient (Wildman–Crippen LogP) is 2.41. The predicted molar refractivity (Wildman–Crippen MR) is 101 cm³/mol. The number of phenols is 1. The number of anilines is 1. The Bertz CT molecular complexity index is 920. The summed E-state index contributed by atoms with van der Waals surface area (Å²) in [5.74, 6) is -0.466. The van der Waals surface area contributed by atoms with Gasteiger partial charge in [-0.3, -0.25) is 4.79 Å². The van der Waals surface area contributed by atoms with Crippen molar-refractivity contribution in [3.05, 3.63) is 53.6 Å². The summed E-state index contributed by atoms with van der Waals surface area (Å²) in [5, 5.41) is 12.5. The third-order valence-corrected chi connectivity index (χ3v) is 5.79. The lowest BCUT2D eigenvalue weighted by molar-refractivity contribution is 0.102. The molecule has 0 saturated carbocycles. The lowest BCUT2D eigenvalue weighted by Crippen LogP contribution is -2.31. The molecule has 3 rings (SSSR count). The van der Waals surface area contributed by atoms with Gasteiger partial charge < -0.3 is 15.2 Å². The molecule has 7 nitrogen and oxygen atoms in total. The highest BCUT2D eigenvalue weighted by atomic mass is 32.2. The number of benzene rings is 2. The van der Waals surface area contributed by atoms with Crippen molar-refractivity contribution in [2.24, 2.45) is 0 Å². The van der Waals surface area contributed by atoms with Gasteiger partial charge in [-0.1, -0.05) is 6.07 Å². The van der Waals surface area contributed by atoms with E-state index in [2.05, 4.69) is 10.0 Å². The maximum absolute atomic E-state index is 12.3. The van der Waals surface area contributed by atoms with Crippen LogP contribution < -0.4 is 10.0 Å². The van der Waals surface area contributed by atoms with Crippen molar-refractivity contribution in [2.75, 3.05) is 18.5 Å². The van der Waals surface area contributed by atoms with Crippen molar-refractivity contribution < 1.29 is 23.1 Å². The molecule has 3 N–H and O–H groups in total.